The number of nitrogens with zero attached hydrogens (tertiary/aromatic N) is 1. The molecule has 4 nitrogen and oxygen atoms in total. The first-order chi connectivity index (χ1) is 7.58. The molecule has 0 spiro atoms. The van der Waals surface area contributed by atoms with Crippen molar-refractivity contribution in [2.24, 2.45) is 0 Å². The first-order valence-electron chi connectivity index (χ1n) is 5.53. The van der Waals surface area contributed by atoms with E-state index in [0.717, 1.165) is 31.0 Å². The molecule has 1 aromatic heterocycles. The molecule has 0 aliphatic heterocycles. The fraction of sp³-hybridized carbons (Fsp3) is 0.583. The Labute approximate surface area is 95.9 Å². The van der Waals surface area contributed by atoms with Crippen LogP contribution >= 0.6 is 0 Å². The van der Waals surface area contributed by atoms with Crippen LogP contribution in [0.4, 0.5) is 0 Å². The lowest BCUT2D eigenvalue weighted by atomic mass is 10.2. The highest BCUT2D eigenvalue weighted by Crippen LogP contribution is 2.07. The molecule has 0 saturated heterocycles. The zero-order chi connectivity index (χ0) is 12.0. The Morgan fingerprint density at radius 3 is 2.75 bits per heavy atom. The third-order valence-electron chi connectivity index (χ3n) is 2.47. The summed E-state index contributed by atoms with van der Waals surface area (Å²) in [6.07, 6.45) is 1.81. The predicted octanol–water partition coefficient (Wildman–Crippen LogP) is 1.93. The third-order valence-corrected chi connectivity index (χ3v) is 2.47. The fourth-order valence-corrected chi connectivity index (χ4v) is 1.53. The van der Waals surface area contributed by atoms with Gasteiger partial charge in [-0.25, -0.2) is 0 Å². The van der Waals surface area contributed by atoms with Gasteiger partial charge in [-0.1, -0.05) is 0 Å². The Morgan fingerprint density at radius 1 is 1.44 bits per heavy atom. The molecule has 0 atom stereocenters. The van der Waals surface area contributed by atoms with Crippen molar-refractivity contribution in [1.29, 1.82) is 0 Å². The second-order valence-electron chi connectivity index (χ2n) is 4.06. The summed E-state index contributed by atoms with van der Waals surface area (Å²) in [5.74, 6) is 1.20. The van der Waals surface area contributed by atoms with Crippen molar-refractivity contribution in [2.75, 3.05) is 20.1 Å². The molecule has 0 amide bonds. The first-order valence-corrected chi connectivity index (χ1v) is 5.53. The molecule has 0 saturated carbocycles. The van der Waals surface area contributed by atoms with Crippen LogP contribution in [0.1, 0.15) is 24.4 Å². The number of aryl methyl sites for hydroxylation is 1. The zero-order valence-electron chi connectivity index (χ0n) is 9.90. The topological polar surface area (TPSA) is 53.7 Å². The van der Waals surface area contributed by atoms with Crippen molar-refractivity contribution in [1.82, 2.24) is 4.90 Å². The van der Waals surface area contributed by atoms with Gasteiger partial charge < -0.3 is 14.4 Å². The molecule has 0 aromatic carbocycles. The molecule has 1 heterocycles. The summed E-state index contributed by atoms with van der Waals surface area (Å²) in [5, 5.41) is 8.50. The van der Waals surface area contributed by atoms with E-state index in [0.29, 0.717) is 6.42 Å². The summed E-state index contributed by atoms with van der Waals surface area (Å²) >= 11 is 0. The average molecular weight is 225 g/mol. The molecule has 1 aromatic rings. The van der Waals surface area contributed by atoms with E-state index in [2.05, 4.69) is 4.90 Å². The van der Waals surface area contributed by atoms with Gasteiger partial charge in [0.2, 0.25) is 0 Å². The maximum absolute atomic E-state index is 10.3. The zero-order valence-corrected chi connectivity index (χ0v) is 9.90. The Balaban J connectivity index is 2.15. The standard InChI is InChI=1S/C12H19NO3/c1-10-5-6-11(16-10)7-9-13(2)8-3-4-12(14)15/h5-6H,3-4,7-9H2,1-2H3,(H,14,15). The summed E-state index contributed by atoms with van der Waals surface area (Å²) < 4.78 is 5.46. The van der Waals surface area contributed by atoms with E-state index in [9.17, 15) is 4.79 Å². The maximum atomic E-state index is 10.3. The van der Waals surface area contributed by atoms with E-state index < -0.39 is 5.97 Å². The van der Waals surface area contributed by atoms with Gasteiger partial charge in [-0.05, 0) is 39.1 Å². The van der Waals surface area contributed by atoms with Gasteiger partial charge in [0, 0.05) is 19.4 Å². The van der Waals surface area contributed by atoms with Gasteiger partial charge in [-0.15, -0.1) is 0 Å². The van der Waals surface area contributed by atoms with E-state index in [1.165, 1.54) is 0 Å². The number of aliphatic carboxylic acids is 1. The lowest BCUT2D eigenvalue weighted by Crippen LogP contribution is -2.22. The van der Waals surface area contributed by atoms with Gasteiger partial charge in [0.05, 0.1) is 0 Å². The van der Waals surface area contributed by atoms with Crippen molar-refractivity contribution < 1.29 is 14.3 Å². The molecule has 90 valence electrons. The number of carbonyl (C=O) groups is 1. The molecule has 0 aliphatic rings. The van der Waals surface area contributed by atoms with Gasteiger partial charge in [-0.2, -0.15) is 0 Å². The largest absolute Gasteiger partial charge is 0.481 e. The summed E-state index contributed by atoms with van der Waals surface area (Å²) in [5.41, 5.74) is 0. The highest BCUT2D eigenvalue weighted by molar-refractivity contribution is 5.66. The van der Waals surface area contributed by atoms with Crippen LogP contribution in [0.15, 0.2) is 16.5 Å². The minimum Gasteiger partial charge on any atom is -0.481 e. The SMILES string of the molecule is Cc1ccc(CCN(C)CCCC(=O)O)o1. The second kappa shape index (κ2) is 6.33. The average Bonchev–Trinajstić information content (AvgIpc) is 2.61. The van der Waals surface area contributed by atoms with Crippen LogP contribution in [0.3, 0.4) is 0 Å². The fourth-order valence-electron chi connectivity index (χ4n) is 1.53. The molecular formula is C12H19NO3. The van der Waals surface area contributed by atoms with Gasteiger partial charge in [0.15, 0.2) is 0 Å². The molecule has 1 N–H and O–H groups in total. The van der Waals surface area contributed by atoms with E-state index in [4.69, 9.17) is 9.52 Å². The number of furan rings is 1. The Kier molecular flexibility index (Phi) is 5.05. The lowest BCUT2D eigenvalue weighted by Gasteiger charge is -2.14. The first kappa shape index (κ1) is 12.8. The molecule has 4 heteroatoms. The van der Waals surface area contributed by atoms with Gasteiger partial charge >= 0.3 is 5.97 Å². The quantitative estimate of drug-likeness (QED) is 0.770. The Bertz CT molecular complexity index is 333. The third kappa shape index (κ3) is 4.98. The molecule has 0 radical (unpaired) electrons. The van der Waals surface area contributed by atoms with Gasteiger partial charge in [0.25, 0.3) is 0 Å². The van der Waals surface area contributed by atoms with Crippen LogP contribution in [0.2, 0.25) is 0 Å². The van der Waals surface area contributed by atoms with Crippen molar-refractivity contribution in [3.8, 4) is 0 Å². The van der Waals surface area contributed by atoms with Crippen LogP contribution in [-0.4, -0.2) is 36.1 Å². The highest BCUT2D eigenvalue weighted by atomic mass is 16.4. The minimum absolute atomic E-state index is 0.240. The van der Waals surface area contributed by atoms with Crippen molar-refractivity contribution in [3.63, 3.8) is 0 Å². The summed E-state index contributed by atoms with van der Waals surface area (Å²) in [6, 6.07) is 3.94. The molecule has 0 aliphatic carbocycles. The van der Waals surface area contributed by atoms with E-state index >= 15 is 0 Å². The predicted molar refractivity (Wildman–Crippen MR) is 61.5 cm³/mol. The van der Waals surface area contributed by atoms with Crippen LogP contribution in [0.25, 0.3) is 0 Å². The lowest BCUT2D eigenvalue weighted by molar-refractivity contribution is -0.137. The molecule has 0 unspecified atom stereocenters. The molecule has 0 bridgehead atoms. The number of rotatable bonds is 7. The van der Waals surface area contributed by atoms with Crippen molar-refractivity contribution in [3.05, 3.63) is 23.7 Å². The van der Waals surface area contributed by atoms with Crippen molar-refractivity contribution in [2.45, 2.75) is 26.2 Å². The number of likely N-dealkylation sites (N-methyl/N-ethyl adjacent to an activating group) is 1. The van der Waals surface area contributed by atoms with Crippen LogP contribution in [0, 0.1) is 6.92 Å². The van der Waals surface area contributed by atoms with E-state index in [-0.39, 0.29) is 6.42 Å². The van der Waals surface area contributed by atoms with E-state index in [1.807, 2.05) is 26.1 Å². The number of carboxylic acids is 1. The second-order valence-corrected chi connectivity index (χ2v) is 4.06. The molecule has 16 heavy (non-hydrogen) atoms. The van der Waals surface area contributed by atoms with E-state index in [1.54, 1.807) is 0 Å². The number of hydrogen-bond acceptors (Lipinski definition) is 3. The number of carboxylic acid groups (broad SMARTS) is 1. The Hall–Kier alpha value is -1.29. The normalized spacial score (nSPS) is 10.9. The number of hydrogen-bond donors (Lipinski definition) is 1. The summed E-state index contributed by atoms with van der Waals surface area (Å²) in [4.78, 5) is 12.5. The monoisotopic (exact) mass is 225 g/mol. The summed E-state index contributed by atoms with van der Waals surface area (Å²) in [7, 11) is 2.00. The Morgan fingerprint density at radius 2 is 2.19 bits per heavy atom. The maximum Gasteiger partial charge on any atom is 0.303 e. The van der Waals surface area contributed by atoms with Gasteiger partial charge in [0.1, 0.15) is 11.5 Å². The van der Waals surface area contributed by atoms with Crippen LogP contribution < -0.4 is 0 Å². The molecule has 1 rings (SSSR count). The molecular weight excluding hydrogens is 206 g/mol. The highest BCUT2D eigenvalue weighted by Gasteiger charge is 2.03. The van der Waals surface area contributed by atoms with Gasteiger partial charge in [-0.3, -0.25) is 4.79 Å². The smallest absolute Gasteiger partial charge is 0.303 e. The van der Waals surface area contributed by atoms with Crippen LogP contribution in [0.5, 0.6) is 0 Å². The molecule has 0 fully saturated rings. The summed E-state index contributed by atoms with van der Waals surface area (Å²) in [6.45, 7) is 3.64. The van der Waals surface area contributed by atoms with Crippen LogP contribution in [-0.2, 0) is 11.2 Å². The minimum atomic E-state index is -0.727. The van der Waals surface area contributed by atoms with Crippen molar-refractivity contribution >= 4 is 5.97 Å².